The van der Waals surface area contributed by atoms with E-state index in [-0.39, 0.29) is 16.5 Å². The van der Waals surface area contributed by atoms with Crippen molar-refractivity contribution in [3.05, 3.63) is 64.1 Å². The van der Waals surface area contributed by atoms with Crippen LogP contribution in [0.1, 0.15) is 15.9 Å². The Hall–Kier alpha value is -2.47. The molecule has 0 atom stereocenters. The molecule has 96 valence electrons. The van der Waals surface area contributed by atoms with Crippen LogP contribution in [-0.2, 0) is 0 Å². The Morgan fingerprint density at radius 2 is 1.95 bits per heavy atom. The van der Waals surface area contributed by atoms with Gasteiger partial charge in [0.1, 0.15) is 4.99 Å². The van der Waals surface area contributed by atoms with Crippen LogP contribution < -0.4 is 16.6 Å². The van der Waals surface area contributed by atoms with Crippen molar-refractivity contribution in [3.63, 3.8) is 0 Å². The third-order valence-electron chi connectivity index (χ3n) is 2.49. The molecule has 0 aliphatic carbocycles. The van der Waals surface area contributed by atoms with Gasteiger partial charge < -0.3 is 16.0 Å². The largest absolute Gasteiger partial charge is 0.389 e. The van der Waals surface area contributed by atoms with Crippen molar-refractivity contribution in [1.82, 2.24) is 4.98 Å². The topological polar surface area (TPSA) is 88.0 Å². The van der Waals surface area contributed by atoms with E-state index in [2.05, 4.69) is 10.3 Å². The van der Waals surface area contributed by atoms with Crippen molar-refractivity contribution in [1.29, 1.82) is 0 Å². The molecular weight excluding hydrogens is 262 g/mol. The summed E-state index contributed by atoms with van der Waals surface area (Å²) in [6.07, 6.45) is 1.35. The molecule has 0 radical (unpaired) electrons. The third-order valence-corrected chi connectivity index (χ3v) is 2.71. The summed E-state index contributed by atoms with van der Waals surface area (Å²) in [4.78, 5) is 25.6. The van der Waals surface area contributed by atoms with Crippen LogP contribution in [0.3, 0.4) is 0 Å². The number of hydrogen-bond acceptors (Lipinski definition) is 3. The lowest BCUT2D eigenvalue weighted by atomic mass is 10.1. The normalized spacial score (nSPS) is 9.89. The molecule has 5 nitrogen and oxygen atoms in total. The average Bonchev–Trinajstić information content (AvgIpc) is 2.39. The highest BCUT2D eigenvalue weighted by atomic mass is 32.1. The molecular formula is C13H11N3O2S. The second-order valence-electron chi connectivity index (χ2n) is 3.81. The monoisotopic (exact) mass is 273 g/mol. The van der Waals surface area contributed by atoms with E-state index >= 15 is 0 Å². The fourth-order valence-corrected chi connectivity index (χ4v) is 1.73. The van der Waals surface area contributed by atoms with Crippen LogP contribution >= 0.6 is 12.2 Å². The number of nitrogens with two attached hydrogens (primary N) is 1. The van der Waals surface area contributed by atoms with Gasteiger partial charge in [-0.2, -0.15) is 0 Å². The predicted octanol–water partition coefficient (Wildman–Crippen LogP) is 1.26. The Bertz CT molecular complexity index is 674. The number of carbonyl (C=O) groups is 1. The number of aromatic amines is 1. The number of hydrogen-bond donors (Lipinski definition) is 3. The van der Waals surface area contributed by atoms with Crippen LogP contribution in [0, 0.1) is 0 Å². The molecule has 2 aromatic rings. The van der Waals surface area contributed by atoms with Crippen LogP contribution in [0.4, 0.5) is 5.69 Å². The van der Waals surface area contributed by atoms with Crippen LogP contribution in [0.15, 0.2) is 47.4 Å². The number of para-hydroxylation sites is 1. The summed E-state index contributed by atoms with van der Waals surface area (Å²) in [5, 5.41) is 2.70. The van der Waals surface area contributed by atoms with Gasteiger partial charge in [-0.25, -0.2) is 0 Å². The molecule has 1 aromatic carbocycles. The molecule has 0 saturated heterocycles. The van der Waals surface area contributed by atoms with E-state index in [0.29, 0.717) is 16.8 Å². The maximum atomic E-state index is 12.0. The number of H-pyrrole nitrogens is 1. The van der Waals surface area contributed by atoms with Crippen molar-refractivity contribution in [2.75, 3.05) is 5.32 Å². The van der Waals surface area contributed by atoms with Gasteiger partial charge in [0.15, 0.2) is 0 Å². The zero-order valence-electron chi connectivity index (χ0n) is 9.84. The number of pyridine rings is 1. The van der Waals surface area contributed by atoms with E-state index in [1.807, 2.05) is 0 Å². The second kappa shape index (κ2) is 5.45. The van der Waals surface area contributed by atoms with Crippen molar-refractivity contribution in [2.45, 2.75) is 0 Å². The van der Waals surface area contributed by atoms with Crippen molar-refractivity contribution in [3.8, 4) is 0 Å². The fourth-order valence-electron chi connectivity index (χ4n) is 1.55. The van der Waals surface area contributed by atoms with Crippen molar-refractivity contribution < 1.29 is 4.79 Å². The number of rotatable bonds is 3. The molecule has 1 amide bonds. The highest BCUT2D eigenvalue weighted by Gasteiger charge is 2.10. The quantitative estimate of drug-likeness (QED) is 0.735. The van der Waals surface area contributed by atoms with Gasteiger partial charge in [0.05, 0.1) is 11.3 Å². The number of anilines is 1. The summed E-state index contributed by atoms with van der Waals surface area (Å²) in [5.74, 6) is -0.347. The summed E-state index contributed by atoms with van der Waals surface area (Å²) in [6, 6.07) is 9.71. The first kappa shape index (κ1) is 13.0. The number of benzene rings is 1. The van der Waals surface area contributed by atoms with E-state index in [9.17, 15) is 9.59 Å². The standard InChI is InChI=1S/C13H11N3O2S/c14-12(19)9-3-1-2-4-10(9)16-13(18)8-5-6-11(17)15-7-8/h1-7H,(H2,14,19)(H,15,17)(H,16,18). The molecule has 0 spiro atoms. The summed E-state index contributed by atoms with van der Waals surface area (Å²) < 4.78 is 0. The molecule has 6 heteroatoms. The van der Waals surface area contributed by atoms with Gasteiger partial charge in [0.25, 0.3) is 5.91 Å². The van der Waals surface area contributed by atoms with Gasteiger partial charge in [-0.3, -0.25) is 9.59 Å². The molecule has 0 fully saturated rings. The lowest BCUT2D eigenvalue weighted by molar-refractivity contribution is 0.102. The maximum Gasteiger partial charge on any atom is 0.257 e. The third kappa shape index (κ3) is 3.05. The number of nitrogens with one attached hydrogen (secondary N) is 2. The van der Waals surface area contributed by atoms with Crippen LogP contribution in [0.2, 0.25) is 0 Å². The summed E-state index contributed by atoms with van der Waals surface area (Å²) >= 11 is 4.92. The van der Waals surface area contributed by atoms with Crippen LogP contribution in [0.25, 0.3) is 0 Å². The highest BCUT2D eigenvalue weighted by Crippen LogP contribution is 2.15. The maximum absolute atomic E-state index is 12.0. The molecule has 2 rings (SSSR count). The predicted molar refractivity (Wildman–Crippen MR) is 77.3 cm³/mol. The first-order valence-electron chi connectivity index (χ1n) is 5.47. The Morgan fingerprint density at radius 3 is 2.58 bits per heavy atom. The van der Waals surface area contributed by atoms with Crippen LogP contribution in [-0.4, -0.2) is 15.9 Å². The summed E-state index contributed by atoms with van der Waals surface area (Å²) in [6.45, 7) is 0. The SMILES string of the molecule is NC(=S)c1ccccc1NC(=O)c1ccc(=O)[nH]c1. The highest BCUT2D eigenvalue weighted by molar-refractivity contribution is 7.80. The van der Waals surface area contributed by atoms with Gasteiger partial charge >= 0.3 is 0 Å². The van der Waals surface area contributed by atoms with Gasteiger partial charge in [0.2, 0.25) is 5.56 Å². The van der Waals surface area contributed by atoms with E-state index in [1.54, 1.807) is 24.3 Å². The lowest BCUT2D eigenvalue weighted by Crippen LogP contribution is -2.18. The molecule has 1 aromatic heterocycles. The molecule has 0 aliphatic rings. The average molecular weight is 273 g/mol. The van der Waals surface area contributed by atoms with E-state index in [4.69, 9.17) is 18.0 Å². The number of carbonyl (C=O) groups excluding carboxylic acids is 1. The smallest absolute Gasteiger partial charge is 0.257 e. The molecule has 19 heavy (non-hydrogen) atoms. The van der Waals surface area contributed by atoms with Gasteiger partial charge in [-0.1, -0.05) is 24.4 Å². The minimum atomic E-state index is -0.347. The molecule has 1 heterocycles. The van der Waals surface area contributed by atoms with E-state index in [0.717, 1.165) is 0 Å². The fraction of sp³-hybridized carbons (Fsp3) is 0. The Labute approximate surface area is 114 Å². The lowest BCUT2D eigenvalue weighted by Gasteiger charge is -2.09. The first-order chi connectivity index (χ1) is 9.08. The summed E-state index contributed by atoms with van der Waals surface area (Å²) in [5.41, 5.74) is 6.79. The first-order valence-corrected chi connectivity index (χ1v) is 5.87. The zero-order valence-corrected chi connectivity index (χ0v) is 10.7. The van der Waals surface area contributed by atoms with E-state index in [1.165, 1.54) is 18.3 Å². The van der Waals surface area contributed by atoms with Gasteiger partial charge in [0, 0.05) is 17.8 Å². The van der Waals surface area contributed by atoms with Crippen molar-refractivity contribution >= 4 is 28.8 Å². The minimum absolute atomic E-state index is 0.206. The zero-order chi connectivity index (χ0) is 13.8. The number of thiocarbonyl (C=S) groups is 1. The second-order valence-corrected chi connectivity index (χ2v) is 4.25. The molecule has 0 aliphatic heterocycles. The summed E-state index contributed by atoms with van der Waals surface area (Å²) in [7, 11) is 0. The molecule has 0 bridgehead atoms. The molecule has 0 saturated carbocycles. The molecule has 4 N–H and O–H groups in total. The molecule has 0 unspecified atom stereocenters. The Morgan fingerprint density at radius 1 is 1.21 bits per heavy atom. The van der Waals surface area contributed by atoms with Crippen LogP contribution in [0.5, 0.6) is 0 Å². The van der Waals surface area contributed by atoms with Crippen molar-refractivity contribution in [2.24, 2.45) is 5.73 Å². The minimum Gasteiger partial charge on any atom is -0.389 e. The van der Waals surface area contributed by atoms with E-state index < -0.39 is 0 Å². The van der Waals surface area contributed by atoms with Gasteiger partial charge in [-0.05, 0) is 18.2 Å². The Kier molecular flexibility index (Phi) is 3.72. The number of aromatic nitrogens is 1. The Balaban J connectivity index is 2.26. The van der Waals surface area contributed by atoms with Gasteiger partial charge in [-0.15, -0.1) is 0 Å². The number of amides is 1.